The zero-order valence-electron chi connectivity index (χ0n) is 66.7. The van der Waals surface area contributed by atoms with Crippen LogP contribution in [-0.4, -0.2) is 185 Å². The lowest BCUT2D eigenvalue weighted by molar-refractivity contribution is -0.142. The second-order valence-electron chi connectivity index (χ2n) is 26.1. The molecule has 5 aliphatic rings. The number of aromatic nitrogens is 8. The molecule has 5 aliphatic heterocycles. The van der Waals surface area contributed by atoms with Crippen LogP contribution in [-0.2, 0) is 83.7 Å². The summed E-state index contributed by atoms with van der Waals surface area (Å²) in [5.74, 6) is -3.00. The molecule has 7 aromatic rings. The number of hydrogen-bond donors (Lipinski definition) is 13. The van der Waals surface area contributed by atoms with E-state index in [1.165, 1.54) is 92.4 Å². The lowest BCUT2D eigenvalue weighted by Gasteiger charge is -2.24. The summed E-state index contributed by atoms with van der Waals surface area (Å²) in [7, 11) is -13.9. The highest BCUT2D eigenvalue weighted by atomic mass is 31.2. The van der Waals surface area contributed by atoms with Crippen LogP contribution in [0.3, 0.4) is 0 Å². The van der Waals surface area contributed by atoms with Gasteiger partial charge < -0.3 is 62.6 Å². The second kappa shape index (κ2) is 47.1. The zero-order valence-corrected chi connectivity index (χ0v) is 70.2. The summed E-state index contributed by atoms with van der Waals surface area (Å²) in [6.45, 7) is 10.8. The first-order valence-electron chi connectivity index (χ1n) is 36.0. The van der Waals surface area contributed by atoms with Crippen LogP contribution >= 0.6 is 31.0 Å². The monoisotopic (exact) mass is 1800 g/mol. The fraction of sp³-hybridized carbons (Fsp3) is 0.370. The summed E-state index contributed by atoms with van der Waals surface area (Å²) in [6.07, 6.45) is 12.5. The third-order valence-electron chi connectivity index (χ3n) is 16.5. The van der Waals surface area contributed by atoms with Crippen molar-refractivity contribution in [3.63, 3.8) is 0 Å². The normalized spacial score (nSPS) is 22.1. The molecule has 123 heavy (non-hydrogen) atoms. The summed E-state index contributed by atoms with van der Waals surface area (Å²) >= 11 is 0. The van der Waals surface area contributed by atoms with E-state index < -0.39 is 173 Å². The van der Waals surface area contributed by atoms with Gasteiger partial charge in [0.05, 0.1) is 33.5 Å². The average molecular weight is 1810 g/mol. The van der Waals surface area contributed by atoms with Gasteiger partial charge in [-0.1, -0.05) is 86.3 Å². The van der Waals surface area contributed by atoms with E-state index in [-0.39, 0.29) is 55.2 Å². The van der Waals surface area contributed by atoms with Gasteiger partial charge in [0.25, 0.3) is 22.2 Å². The molecule has 0 aliphatic carbocycles. The number of carbonyl (C=O) groups excluding carboxylic acids is 2. The summed E-state index contributed by atoms with van der Waals surface area (Å²) in [5, 5.41) is 42.8. The van der Waals surface area contributed by atoms with Gasteiger partial charge in [-0.25, -0.2) is 47.3 Å². The van der Waals surface area contributed by atoms with Crippen molar-refractivity contribution < 1.29 is 120 Å². The lowest BCUT2D eigenvalue weighted by Crippen LogP contribution is -2.35. The Labute approximate surface area is 702 Å². The molecule has 8 unspecified atom stereocenters. The topological polar surface area (TPSA) is 616 Å². The Bertz CT molecular complexity index is 5610. The lowest BCUT2D eigenvalue weighted by atomic mass is 10.3. The first kappa shape index (κ1) is 103. The Morgan fingerprint density at radius 3 is 1.09 bits per heavy atom. The molecule has 4 aromatic heterocycles. The highest BCUT2D eigenvalue weighted by Gasteiger charge is 2.43. The molecular weight excluding hydrogens is 1710 g/mol. The third kappa shape index (κ3) is 31.1. The van der Waals surface area contributed by atoms with E-state index in [0.29, 0.717) is 28.0 Å². The van der Waals surface area contributed by atoms with Gasteiger partial charge >= 0.3 is 77.6 Å². The number of esters is 1. The number of carboxylic acid groups (broad SMARTS) is 2. The molecule has 1 saturated heterocycles. The van der Waals surface area contributed by atoms with Gasteiger partial charge in [-0.2, -0.15) is 15.3 Å². The molecule has 50 heteroatoms. The predicted octanol–water partition coefficient (Wildman–Crippen LogP) is 4.16. The number of aliphatic hydroxyl groups excluding tert-OH is 1. The molecule has 0 spiro atoms. The Hall–Kier alpha value is -11.0. The zero-order chi connectivity index (χ0) is 89.3. The number of phenols is 1. The second-order valence-corrected chi connectivity index (χ2v) is 32.7. The highest BCUT2D eigenvalue weighted by Crippen LogP contribution is 2.50. The quantitative estimate of drug-likeness (QED) is 0.0135. The first-order valence-corrected chi connectivity index (χ1v) is 42.2. The minimum absolute atomic E-state index is 0. The summed E-state index contributed by atoms with van der Waals surface area (Å²) in [4.78, 5) is 157. The molecule has 669 valence electrons. The number of aliphatic hydroxyl groups is 1. The number of carboxylic acids is 2. The predicted molar refractivity (Wildman–Crippen MR) is 442 cm³/mol. The van der Waals surface area contributed by atoms with Crippen LogP contribution in [0.4, 0.5) is 0 Å². The molecule has 12 rings (SSSR count). The van der Waals surface area contributed by atoms with E-state index in [1.54, 1.807) is 142 Å². The number of ether oxygens (including phenoxy) is 5. The van der Waals surface area contributed by atoms with Crippen molar-refractivity contribution in [1.29, 1.82) is 0 Å². The maximum Gasteiger partial charge on any atom is 0.461 e. The van der Waals surface area contributed by atoms with E-state index in [9.17, 15) is 80.7 Å². The third-order valence-corrected chi connectivity index (χ3v) is 22.6. The number of aromatic amines is 4. The van der Waals surface area contributed by atoms with E-state index >= 15 is 0 Å². The number of benzene rings is 3. The van der Waals surface area contributed by atoms with E-state index in [0.717, 1.165) is 11.7 Å². The van der Waals surface area contributed by atoms with Gasteiger partial charge in [0.15, 0.2) is 24.9 Å². The maximum absolute atomic E-state index is 13.3. The van der Waals surface area contributed by atoms with E-state index in [4.69, 9.17) is 66.5 Å². The fourth-order valence-electron chi connectivity index (χ4n) is 10.3. The summed E-state index contributed by atoms with van der Waals surface area (Å²) in [6, 6.07) is 21.1. The molecule has 0 saturated carbocycles. The Morgan fingerprint density at radius 1 is 0.496 bits per heavy atom. The Kier molecular flexibility index (Phi) is 39.3. The van der Waals surface area contributed by atoms with Crippen LogP contribution in [0.5, 0.6) is 17.2 Å². The molecule has 9 heterocycles. The van der Waals surface area contributed by atoms with Crippen LogP contribution in [0.25, 0.3) is 0 Å². The SMILES string of the molecule is C.CO.COC(=O)C(C)NP(=O)(OC[C@@H]1C=C[C@H](n2cc(C)c(=O)[nH]c2=O)O1)Oc1ccccc1.Cc1cn([C@H]2C=C[C@@H](COP(=O)(NC(C)C(=O)O)Oc3ccccc3)O2)c(=O)[nH]c1=O.Cc1cn([C@H]2C=C[C@@H](COP(=O)(O)NC(C)C(=O)O)O2)c(=O)[nH]c1=O.Cc1cn([C@H]2C=C[C@@H](COP3(=O)NC(C)C(=O)O3)O2)c(=O)[nH]c1=O.Oc1ccccc1.[2HH].[B]. The molecule has 0 bridgehead atoms. The number of para-hydroxylation sites is 3. The molecule has 16 atom stereocenters. The van der Waals surface area contributed by atoms with E-state index in [2.05, 4.69) is 44.5 Å². The van der Waals surface area contributed by atoms with Gasteiger partial charge in [-0.15, -0.1) is 0 Å². The number of aromatic hydroxyl groups is 1. The van der Waals surface area contributed by atoms with Gasteiger partial charge in [-0.05, 0) is 116 Å². The number of H-pyrrole nitrogens is 4. The number of nitrogens with zero attached hydrogens (tertiary/aromatic N) is 4. The Balaban J connectivity index is 0.000000334. The minimum Gasteiger partial charge on any atom is -0.508 e. The molecule has 13 N–H and O–H groups in total. The van der Waals surface area contributed by atoms with Crippen molar-refractivity contribution in [2.75, 3.05) is 40.6 Å². The molecular formula is C73H96BN12O33P4. The minimum atomic E-state index is -4.33. The first-order chi connectivity index (χ1) is 57.1. The molecule has 45 nitrogen and oxygen atoms in total. The standard InChI is InChI=1S/C20H24N3O8P.C19H22N3O8P.C13H18N3O8P.C13H16N3O7P.C6H6O.CH4O.CH4.B.H2/c1-13-11-23(20(26)21-18(13)24)17-10-9-16(30-17)12-29-32(27,22-14(2)19(25)28-3)31-15-7-5-4-6-8-15;1-12-10-22(19(26)20-17(12)23)16-9-8-15(29-16)11-28-31(27,21-13(2)18(24)25)30-14-6-4-3-5-7-14;1-7-5-16(13(20)14-11(7)17)10-4-3-9(24-10)6-23-25(21,22)15-8(2)12(18)19;1-7-5-16(13(19)14-11(7)17)10-4-3-9(22-10)6-21-24(20)15-8(2)12(18)23-24;7-6-4-2-1-3-5-6;1-2;;;/h4-11,14,16-17H,12H2,1-3H3,(H,22,27)(H,21,24,26);3-10,13,15-16H,11H2,1-2H3,(H,21,27)(H,24,25)(H,20,23,26);3-5,8-10H,6H2,1-2H3,(H,18,19)(H,14,17,20)(H2,15,21,22);3-5,8-10H,6H2,1-2H3,(H,15,20)(H,14,17,19);1-5,7H;2H,1H3;1H4;;1H/t14?,16-,17+,32?;13?,15-,16+,31?;8?,9-,10+;8?,9-,10+,24?;;;;;/m0000...../s1/i;;;;;;;;1+1. The molecule has 1 fully saturated rings. The fourth-order valence-corrected chi connectivity index (χ4v) is 15.8. The largest absolute Gasteiger partial charge is 0.508 e. The van der Waals surface area contributed by atoms with Crippen LogP contribution in [0.15, 0.2) is 203 Å². The molecule has 0 amide bonds. The van der Waals surface area contributed by atoms with Crippen molar-refractivity contribution in [2.24, 2.45) is 0 Å². The number of methoxy groups -OCH3 is 1. The Morgan fingerprint density at radius 2 is 0.797 bits per heavy atom. The van der Waals surface area contributed by atoms with Gasteiger partial charge in [0.1, 0.15) is 65.8 Å². The van der Waals surface area contributed by atoms with Crippen molar-refractivity contribution in [3.05, 3.63) is 270 Å². The molecule has 3 radical (unpaired) electrons. The summed E-state index contributed by atoms with van der Waals surface area (Å²) < 4.78 is 119. The average Bonchev–Trinajstić information content (AvgIpc) is 1.67. The number of aliphatic carboxylic acids is 2. The van der Waals surface area contributed by atoms with Crippen LogP contribution in [0.1, 0.15) is 83.7 Å². The van der Waals surface area contributed by atoms with Crippen molar-refractivity contribution >= 4 is 63.3 Å². The van der Waals surface area contributed by atoms with Crippen molar-refractivity contribution in [2.45, 2.75) is 136 Å². The van der Waals surface area contributed by atoms with Gasteiger partial charge in [-0.3, -0.25) is 89.9 Å². The van der Waals surface area contributed by atoms with Crippen LogP contribution in [0, 0.1) is 27.7 Å². The highest BCUT2D eigenvalue weighted by molar-refractivity contribution is 7.53. The number of carbonyl (C=O) groups is 4. The number of rotatable bonds is 29. The van der Waals surface area contributed by atoms with Crippen molar-refractivity contribution in [3.8, 4) is 17.2 Å². The van der Waals surface area contributed by atoms with Crippen LogP contribution in [0.2, 0.25) is 0 Å². The van der Waals surface area contributed by atoms with Gasteiger partial charge in [0.2, 0.25) is 0 Å². The molecule has 3 aromatic carbocycles. The smallest absolute Gasteiger partial charge is 0.461 e. The number of nitrogens with one attached hydrogen (secondary N) is 8. The van der Waals surface area contributed by atoms with Gasteiger partial charge in [0, 0.05) is 64.0 Å². The van der Waals surface area contributed by atoms with E-state index in [1.807, 2.05) is 11.2 Å². The number of hydrogen-bond acceptors (Lipinski definition) is 30. The number of phenolic OH excluding ortho intramolecular Hbond substituents is 1. The maximum atomic E-state index is 13.3. The number of aryl methyl sites for hydroxylation is 4. The van der Waals surface area contributed by atoms with Crippen LogP contribution < -0.4 is 74.4 Å². The van der Waals surface area contributed by atoms with Crippen molar-refractivity contribution in [1.82, 2.24) is 58.6 Å². The summed E-state index contributed by atoms with van der Waals surface area (Å²) in [5.41, 5.74) is -3.06.